The Labute approximate surface area is 117 Å². The van der Waals surface area contributed by atoms with Crippen LogP contribution in [0.4, 0.5) is 24.5 Å². The third-order valence-electron chi connectivity index (χ3n) is 2.67. The van der Waals surface area contributed by atoms with Gasteiger partial charge in [-0.2, -0.15) is 13.2 Å². The summed E-state index contributed by atoms with van der Waals surface area (Å²) in [5, 5.41) is 22.2. The van der Waals surface area contributed by atoms with Gasteiger partial charge in [0.05, 0.1) is 4.92 Å². The van der Waals surface area contributed by atoms with Crippen molar-refractivity contribution in [2.24, 2.45) is 10.9 Å². The van der Waals surface area contributed by atoms with Crippen molar-refractivity contribution in [1.29, 1.82) is 0 Å². The molecule has 0 aliphatic rings. The Kier molecular flexibility index (Phi) is 4.95. The molecule has 0 radical (unpaired) electrons. The van der Waals surface area contributed by atoms with E-state index in [4.69, 9.17) is 10.9 Å². The van der Waals surface area contributed by atoms with Crippen LogP contribution in [0.3, 0.4) is 0 Å². The number of hydrogen-bond donors (Lipinski definition) is 2. The Morgan fingerprint density at radius 2 is 2.14 bits per heavy atom. The fraction of sp³-hybridized carbons (Fsp3) is 0.364. The maximum Gasteiger partial charge on any atom is 0.405 e. The molecular formula is C11H13F3N4O3. The largest absolute Gasteiger partial charge is 0.409 e. The zero-order chi connectivity index (χ0) is 16.2. The molecule has 3 N–H and O–H groups in total. The van der Waals surface area contributed by atoms with Gasteiger partial charge in [-0.3, -0.25) is 10.1 Å². The number of amidine groups is 1. The fourth-order valence-corrected chi connectivity index (χ4v) is 1.74. The molecule has 0 spiro atoms. The number of nitrogens with two attached hydrogens (primary N) is 1. The van der Waals surface area contributed by atoms with Crippen molar-refractivity contribution >= 4 is 17.2 Å². The van der Waals surface area contributed by atoms with Crippen LogP contribution in [0.25, 0.3) is 0 Å². The van der Waals surface area contributed by atoms with Gasteiger partial charge in [-0.25, -0.2) is 0 Å². The summed E-state index contributed by atoms with van der Waals surface area (Å²) in [5.74, 6) is -0.372. The van der Waals surface area contributed by atoms with Crippen molar-refractivity contribution in [2.75, 3.05) is 18.0 Å². The van der Waals surface area contributed by atoms with E-state index in [0.717, 1.165) is 17.0 Å². The van der Waals surface area contributed by atoms with Gasteiger partial charge in [0.25, 0.3) is 5.69 Å². The Hall–Kier alpha value is -2.52. The number of nitro groups is 1. The minimum Gasteiger partial charge on any atom is -0.409 e. The second kappa shape index (κ2) is 6.29. The number of nitrogens with zero attached hydrogens (tertiary/aromatic N) is 3. The van der Waals surface area contributed by atoms with E-state index in [1.54, 1.807) is 0 Å². The van der Waals surface area contributed by atoms with Crippen molar-refractivity contribution in [3.8, 4) is 0 Å². The van der Waals surface area contributed by atoms with E-state index in [9.17, 15) is 23.3 Å². The van der Waals surface area contributed by atoms with E-state index in [0.29, 0.717) is 0 Å². The van der Waals surface area contributed by atoms with Gasteiger partial charge in [0.2, 0.25) is 0 Å². The molecule has 21 heavy (non-hydrogen) atoms. The highest BCUT2D eigenvalue weighted by atomic mass is 19.4. The van der Waals surface area contributed by atoms with Crippen molar-refractivity contribution < 1.29 is 23.3 Å². The first-order valence-electron chi connectivity index (χ1n) is 5.77. The van der Waals surface area contributed by atoms with Crippen LogP contribution in [0.5, 0.6) is 0 Å². The third kappa shape index (κ3) is 4.23. The summed E-state index contributed by atoms with van der Waals surface area (Å²) < 4.78 is 37.5. The summed E-state index contributed by atoms with van der Waals surface area (Å²) >= 11 is 0. The summed E-state index contributed by atoms with van der Waals surface area (Å²) in [7, 11) is 0. The van der Waals surface area contributed by atoms with Gasteiger partial charge in [-0.15, -0.1) is 0 Å². The first-order valence-corrected chi connectivity index (χ1v) is 5.77. The molecule has 1 rings (SSSR count). The minimum absolute atomic E-state index is 0.0380. The lowest BCUT2D eigenvalue weighted by molar-refractivity contribution is -0.384. The molecule has 0 saturated heterocycles. The first kappa shape index (κ1) is 16.5. The molecule has 0 aliphatic heterocycles. The van der Waals surface area contributed by atoms with E-state index < -0.39 is 23.3 Å². The van der Waals surface area contributed by atoms with Gasteiger partial charge in [0.1, 0.15) is 12.2 Å². The van der Waals surface area contributed by atoms with Crippen molar-refractivity contribution in [3.63, 3.8) is 0 Å². The van der Waals surface area contributed by atoms with Crippen molar-refractivity contribution in [2.45, 2.75) is 13.1 Å². The highest BCUT2D eigenvalue weighted by molar-refractivity contribution is 5.98. The summed E-state index contributed by atoms with van der Waals surface area (Å²) in [5.41, 5.74) is 4.61. The summed E-state index contributed by atoms with van der Waals surface area (Å²) in [4.78, 5) is 11.0. The van der Waals surface area contributed by atoms with Crippen LogP contribution in [0.1, 0.15) is 12.5 Å². The van der Waals surface area contributed by atoms with Crippen LogP contribution in [-0.4, -0.2) is 35.2 Å². The van der Waals surface area contributed by atoms with E-state index in [1.807, 2.05) is 0 Å². The maximum absolute atomic E-state index is 12.5. The molecule has 116 valence electrons. The monoisotopic (exact) mass is 306 g/mol. The number of alkyl halides is 3. The van der Waals surface area contributed by atoms with E-state index in [2.05, 4.69) is 5.16 Å². The highest BCUT2D eigenvalue weighted by Crippen LogP contribution is 2.31. The van der Waals surface area contributed by atoms with Gasteiger partial charge in [0, 0.05) is 18.2 Å². The number of hydrogen-bond acceptors (Lipinski definition) is 5. The SMILES string of the molecule is CCN(CC(F)(F)F)c1ccc(C(N)=NO)cc1[N+](=O)[O-]. The maximum atomic E-state index is 12.5. The molecule has 0 aromatic heterocycles. The molecule has 7 nitrogen and oxygen atoms in total. The van der Waals surface area contributed by atoms with Gasteiger partial charge >= 0.3 is 6.18 Å². The zero-order valence-corrected chi connectivity index (χ0v) is 11.0. The molecular weight excluding hydrogens is 293 g/mol. The standard InChI is InChI=1S/C11H13F3N4O3/c1-2-17(6-11(12,13)14)8-4-3-7(10(15)16-19)5-9(8)18(20)21/h3-5,19H,2,6H2,1H3,(H2,15,16). The number of oxime groups is 1. The lowest BCUT2D eigenvalue weighted by Crippen LogP contribution is -2.34. The third-order valence-corrected chi connectivity index (χ3v) is 2.67. The van der Waals surface area contributed by atoms with E-state index in [-0.39, 0.29) is 23.6 Å². The van der Waals surface area contributed by atoms with Gasteiger partial charge < -0.3 is 15.8 Å². The number of rotatable bonds is 5. The van der Waals surface area contributed by atoms with Crippen LogP contribution in [0.15, 0.2) is 23.4 Å². The minimum atomic E-state index is -4.49. The van der Waals surface area contributed by atoms with Gasteiger partial charge in [-0.1, -0.05) is 5.16 Å². The van der Waals surface area contributed by atoms with Crippen molar-refractivity contribution in [3.05, 3.63) is 33.9 Å². The van der Waals surface area contributed by atoms with Gasteiger partial charge in [0.15, 0.2) is 5.84 Å². The Bertz CT molecular complexity index is 560. The molecule has 0 atom stereocenters. The lowest BCUT2D eigenvalue weighted by Gasteiger charge is -2.24. The molecule has 0 bridgehead atoms. The molecule has 0 aliphatic carbocycles. The van der Waals surface area contributed by atoms with Gasteiger partial charge in [-0.05, 0) is 19.1 Å². The predicted octanol–water partition coefficient (Wildman–Crippen LogP) is 2.08. The van der Waals surface area contributed by atoms with Crippen LogP contribution in [0.2, 0.25) is 0 Å². The molecule has 0 fully saturated rings. The lowest BCUT2D eigenvalue weighted by atomic mass is 10.1. The second-order valence-corrected chi connectivity index (χ2v) is 4.08. The summed E-state index contributed by atoms with van der Waals surface area (Å²) in [6, 6.07) is 3.35. The normalized spacial score (nSPS) is 12.3. The quantitative estimate of drug-likeness (QED) is 0.285. The highest BCUT2D eigenvalue weighted by Gasteiger charge is 2.32. The topological polar surface area (TPSA) is 105 Å². The number of nitro benzene ring substituents is 1. The Morgan fingerprint density at radius 1 is 1.52 bits per heavy atom. The van der Waals surface area contributed by atoms with Crippen LogP contribution >= 0.6 is 0 Å². The Morgan fingerprint density at radius 3 is 2.57 bits per heavy atom. The number of anilines is 1. The average molecular weight is 306 g/mol. The van der Waals surface area contributed by atoms with Crippen LogP contribution < -0.4 is 10.6 Å². The zero-order valence-electron chi connectivity index (χ0n) is 11.0. The predicted molar refractivity (Wildman–Crippen MR) is 69.5 cm³/mol. The van der Waals surface area contributed by atoms with Crippen LogP contribution in [0, 0.1) is 10.1 Å². The van der Waals surface area contributed by atoms with E-state index in [1.165, 1.54) is 13.0 Å². The summed E-state index contributed by atoms with van der Waals surface area (Å²) in [6.07, 6.45) is -4.49. The fourth-order valence-electron chi connectivity index (χ4n) is 1.74. The smallest absolute Gasteiger partial charge is 0.405 e. The Balaban J connectivity index is 3.31. The first-order chi connectivity index (χ1) is 9.69. The number of benzene rings is 1. The second-order valence-electron chi connectivity index (χ2n) is 4.08. The number of halogens is 3. The molecule has 0 amide bonds. The molecule has 0 unspecified atom stereocenters. The average Bonchev–Trinajstić information content (AvgIpc) is 2.42. The molecule has 0 saturated carbocycles. The molecule has 10 heteroatoms. The van der Waals surface area contributed by atoms with Crippen molar-refractivity contribution in [1.82, 2.24) is 0 Å². The molecule has 0 heterocycles. The molecule has 1 aromatic rings. The molecule has 1 aromatic carbocycles. The van der Waals surface area contributed by atoms with Crippen LogP contribution in [-0.2, 0) is 0 Å². The van der Waals surface area contributed by atoms with E-state index >= 15 is 0 Å². The summed E-state index contributed by atoms with van der Waals surface area (Å²) in [6.45, 7) is 0.0729.